The summed E-state index contributed by atoms with van der Waals surface area (Å²) in [6.45, 7) is 7.90. The standard InChI is InChI=1S/C13H18FN/c1-4-10(3)15-13(5-2)11-6-8-12(14)9-7-11/h4,6-10,13,15H,1,5H2,2-3H3. The van der Waals surface area contributed by atoms with Crippen LogP contribution in [0.25, 0.3) is 0 Å². The Hall–Kier alpha value is -1.15. The van der Waals surface area contributed by atoms with Gasteiger partial charge in [-0.2, -0.15) is 0 Å². The van der Waals surface area contributed by atoms with Crippen LogP contribution in [0.15, 0.2) is 36.9 Å². The lowest BCUT2D eigenvalue weighted by Gasteiger charge is -2.20. The summed E-state index contributed by atoms with van der Waals surface area (Å²) in [6, 6.07) is 7.17. The number of halogens is 1. The molecule has 0 saturated heterocycles. The van der Waals surface area contributed by atoms with E-state index in [1.165, 1.54) is 12.1 Å². The molecule has 1 aromatic carbocycles. The Kier molecular flexibility index (Phi) is 4.50. The van der Waals surface area contributed by atoms with Crippen molar-refractivity contribution in [2.45, 2.75) is 32.4 Å². The first-order chi connectivity index (χ1) is 7.17. The Labute approximate surface area is 91.0 Å². The Bertz CT molecular complexity index is 305. The first-order valence-electron chi connectivity index (χ1n) is 5.31. The molecular formula is C13H18FN. The van der Waals surface area contributed by atoms with Gasteiger partial charge in [0.05, 0.1) is 0 Å². The zero-order valence-electron chi connectivity index (χ0n) is 9.33. The van der Waals surface area contributed by atoms with Crippen LogP contribution in [-0.2, 0) is 0 Å². The summed E-state index contributed by atoms with van der Waals surface area (Å²) in [4.78, 5) is 0. The number of nitrogens with one attached hydrogen (secondary N) is 1. The van der Waals surface area contributed by atoms with Crippen molar-refractivity contribution in [1.82, 2.24) is 5.32 Å². The molecule has 0 saturated carbocycles. The number of hydrogen-bond donors (Lipinski definition) is 1. The molecule has 0 bridgehead atoms. The van der Waals surface area contributed by atoms with E-state index in [4.69, 9.17) is 0 Å². The molecule has 2 atom stereocenters. The second-order valence-electron chi connectivity index (χ2n) is 3.70. The molecule has 0 aliphatic heterocycles. The van der Waals surface area contributed by atoms with Gasteiger partial charge in [-0.15, -0.1) is 6.58 Å². The van der Waals surface area contributed by atoms with Crippen molar-refractivity contribution in [3.8, 4) is 0 Å². The van der Waals surface area contributed by atoms with Gasteiger partial charge in [0.1, 0.15) is 5.82 Å². The predicted molar refractivity (Wildman–Crippen MR) is 62.2 cm³/mol. The molecule has 82 valence electrons. The van der Waals surface area contributed by atoms with Gasteiger partial charge in [0.2, 0.25) is 0 Å². The fourth-order valence-electron chi connectivity index (χ4n) is 1.53. The fraction of sp³-hybridized carbons (Fsp3) is 0.385. The van der Waals surface area contributed by atoms with E-state index in [2.05, 4.69) is 25.7 Å². The maximum Gasteiger partial charge on any atom is 0.123 e. The van der Waals surface area contributed by atoms with Gasteiger partial charge in [0.25, 0.3) is 0 Å². The average Bonchev–Trinajstić information content (AvgIpc) is 2.27. The fourth-order valence-corrected chi connectivity index (χ4v) is 1.53. The van der Waals surface area contributed by atoms with Crippen LogP contribution in [0.2, 0.25) is 0 Å². The molecule has 0 heterocycles. The van der Waals surface area contributed by atoms with Gasteiger partial charge in [-0.3, -0.25) is 0 Å². The molecule has 0 fully saturated rings. The highest BCUT2D eigenvalue weighted by Crippen LogP contribution is 2.17. The van der Waals surface area contributed by atoms with E-state index in [0.717, 1.165) is 12.0 Å². The van der Waals surface area contributed by atoms with E-state index < -0.39 is 0 Å². The molecule has 0 spiro atoms. The summed E-state index contributed by atoms with van der Waals surface area (Å²) in [5.41, 5.74) is 1.12. The van der Waals surface area contributed by atoms with Crippen molar-refractivity contribution in [3.05, 3.63) is 48.3 Å². The van der Waals surface area contributed by atoms with Crippen LogP contribution in [0.1, 0.15) is 31.9 Å². The van der Waals surface area contributed by atoms with Gasteiger partial charge in [-0.05, 0) is 31.0 Å². The Morgan fingerprint density at radius 2 is 2.00 bits per heavy atom. The van der Waals surface area contributed by atoms with Gasteiger partial charge in [0, 0.05) is 12.1 Å². The summed E-state index contributed by atoms with van der Waals surface area (Å²) in [5.74, 6) is -0.189. The molecule has 2 heteroatoms. The Morgan fingerprint density at radius 1 is 1.40 bits per heavy atom. The van der Waals surface area contributed by atoms with E-state index in [-0.39, 0.29) is 17.9 Å². The third-order valence-electron chi connectivity index (χ3n) is 2.50. The largest absolute Gasteiger partial charge is 0.304 e. The summed E-state index contributed by atoms with van der Waals surface area (Å²) >= 11 is 0. The number of hydrogen-bond acceptors (Lipinski definition) is 1. The monoisotopic (exact) mass is 207 g/mol. The predicted octanol–water partition coefficient (Wildman–Crippen LogP) is 3.44. The highest BCUT2D eigenvalue weighted by atomic mass is 19.1. The Balaban J connectivity index is 2.73. The number of benzene rings is 1. The lowest BCUT2D eigenvalue weighted by molar-refractivity contribution is 0.489. The van der Waals surface area contributed by atoms with E-state index in [0.29, 0.717) is 0 Å². The quantitative estimate of drug-likeness (QED) is 0.729. The minimum Gasteiger partial charge on any atom is -0.304 e. The second kappa shape index (κ2) is 5.66. The topological polar surface area (TPSA) is 12.0 Å². The molecule has 15 heavy (non-hydrogen) atoms. The van der Waals surface area contributed by atoms with Crippen LogP contribution >= 0.6 is 0 Å². The third-order valence-corrected chi connectivity index (χ3v) is 2.50. The van der Waals surface area contributed by atoms with Crippen LogP contribution in [0.3, 0.4) is 0 Å². The summed E-state index contributed by atoms with van der Waals surface area (Å²) in [5, 5.41) is 3.41. The average molecular weight is 207 g/mol. The number of rotatable bonds is 5. The Morgan fingerprint density at radius 3 is 2.47 bits per heavy atom. The lowest BCUT2D eigenvalue weighted by atomic mass is 10.0. The zero-order valence-corrected chi connectivity index (χ0v) is 9.33. The van der Waals surface area contributed by atoms with E-state index >= 15 is 0 Å². The maximum absolute atomic E-state index is 12.7. The molecule has 1 rings (SSSR count). The van der Waals surface area contributed by atoms with E-state index in [1.807, 2.05) is 18.2 Å². The lowest BCUT2D eigenvalue weighted by Crippen LogP contribution is -2.28. The van der Waals surface area contributed by atoms with Crippen LogP contribution < -0.4 is 5.32 Å². The minimum absolute atomic E-state index is 0.189. The maximum atomic E-state index is 12.7. The molecule has 0 aromatic heterocycles. The first kappa shape index (κ1) is 11.9. The van der Waals surface area contributed by atoms with Crippen LogP contribution in [0, 0.1) is 5.82 Å². The van der Waals surface area contributed by atoms with Gasteiger partial charge in [-0.1, -0.05) is 25.1 Å². The van der Waals surface area contributed by atoms with Crippen molar-refractivity contribution in [1.29, 1.82) is 0 Å². The second-order valence-corrected chi connectivity index (χ2v) is 3.70. The van der Waals surface area contributed by atoms with Gasteiger partial charge in [-0.25, -0.2) is 4.39 Å². The van der Waals surface area contributed by atoms with E-state index in [9.17, 15) is 4.39 Å². The molecule has 0 aliphatic rings. The molecule has 0 radical (unpaired) electrons. The van der Waals surface area contributed by atoms with Crippen LogP contribution in [-0.4, -0.2) is 6.04 Å². The molecule has 1 nitrogen and oxygen atoms in total. The van der Waals surface area contributed by atoms with Gasteiger partial charge >= 0.3 is 0 Å². The summed E-state index contributed by atoms with van der Waals surface area (Å²) < 4.78 is 12.7. The molecule has 1 N–H and O–H groups in total. The van der Waals surface area contributed by atoms with Crippen LogP contribution in [0.5, 0.6) is 0 Å². The molecule has 1 aromatic rings. The normalized spacial score (nSPS) is 14.6. The molecular weight excluding hydrogens is 189 g/mol. The van der Waals surface area contributed by atoms with Crippen molar-refractivity contribution in [2.75, 3.05) is 0 Å². The third kappa shape index (κ3) is 3.48. The van der Waals surface area contributed by atoms with Gasteiger partial charge in [0.15, 0.2) is 0 Å². The molecule has 2 unspecified atom stereocenters. The minimum atomic E-state index is -0.189. The highest BCUT2D eigenvalue weighted by molar-refractivity contribution is 5.20. The molecule has 0 amide bonds. The van der Waals surface area contributed by atoms with Crippen LogP contribution in [0.4, 0.5) is 4.39 Å². The highest BCUT2D eigenvalue weighted by Gasteiger charge is 2.10. The van der Waals surface area contributed by atoms with Gasteiger partial charge < -0.3 is 5.32 Å². The zero-order chi connectivity index (χ0) is 11.3. The van der Waals surface area contributed by atoms with Crippen molar-refractivity contribution in [3.63, 3.8) is 0 Å². The summed E-state index contributed by atoms with van der Waals surface area (Å²) in [7, 11) is 0. The van der Waals surface area contributed by atoms with E-state index in [1.54, 1.807) is 0 Å². The SMILES string of the molecule is C=CC(C)NC(CC)c1ccc(F)cc1. The summed E-state index contributed by atoms with van der Waals surface area (Å²) in [6.07, 6.45) is 2.84. The van der Waals surface area contributed by atoms with Crippen molar-refractivity contribution < 1.29 is 4.39 Å². The van der Waals surface area contributed by atoms with Crippen molar-refractivity contribution in [2.24, 2.45) is 0 Å². The van der Waals surface area contributed by atoms with Crippen molar-refractivity contribution >= 4 is 0 Å². The first-order valence-corrected chi connectivity index (χ1v) is 5.31. The smallest absolute Gasteiger partial charge is 0.123 e. The molecule has 0 aliphatic carbocycles.